The summed E-state index contributed by atoms with van der Waals surface area (Å²) < 4.78 is 10.9. The van der Waals surface area contributed by atoms with E-state index >= 15 is 0 Å². The molecule has 1 aliphatic heterocycles. The Morgan fingerprint density at radius 2 is 1.68 bits per heavy atom. The summed E-state index contributed by atoms with van der Waals surface area (Å²) in [5.74, 6) is 1.60. The Hall–Kier alpha value is -2.00. The highest BCUT2D eigenvalue weighted by Crippen LogP contribution is 2.38. The Bertz CT molecular complexity index is 694. The molecule has 1 heterocycles. The predicted molar refractivity (Wildman–Crippen MR) is 89.0 cm³/mol. The molecule has 116 valence electrons. The van der Waals surface area contributed by atoms with Crippen molar-refractivity contribution in [2.75, 3.05) is 20.8 Å². The SMILES string of the molecule is COc1cc2c(cc1OC)C(c1ccc(C)cc1C)NCC2. The number of rotatable bonds is 3. The van der Waals surface area contributed by atoms with Crippen molar-refractivity contribution >= 4 is 0 Å². The summed E-state index contributed by atoms with van der Waals surface area (Å²) in [4.78, 5) is 0. The van der Waals surface area contributed by atoms with Crippen LogP contribution in [0.3, 0.4) is 0 Å². The number of nitrogens with one attached hydrogen (secondary N) is 1. The first-order valence-corrected chi connectivity index (χ1v) is 7.69. The Labute approximate surface area is 132 Å². The maximum Gasteiger partial charge on any atom is 0.161 e. The Morgan fingerprint density at radius 1 is 0.955 bits per heavy atom. The number of aryl methyl sites for hydroxylation is 2. The zero-order chi connectivity index (χ0) is 15.7. The van der Waals surface area contributed by atoms with Gasteiger partial charge in [-0.1, -0.05) is 23.8 Å². The lowest BCUT2D eigenvalue weighted by molar-refractivity contribution is 0.353. The maximum atomic E-state index is 5.48. The van der Waals surface area contributed by atoms with Crippen LogP contribution >= 0.6 is 0 Å². The standard InChI is InChI=1S/C19H23NO2/c1-12-5-6-15(13(2)9-12)19-16-11-18(22-4)17(21-3)10-14(16)7-8-20-19/h5-6,9-11,19-20H,7-8H2,1-4H3. The van der Waals surface area contributed by atoms with E-state index in [1.165, 1.54) is 27.8 Å². The quantitative estimate of drug-likeness (QED) is 0.939. The minimum Gasteiger partial charge on any atom is -0.493 e. The van der Waals surface area contributed by atoms with Gasteiger partial charge in [-0.15, -0.1) is 0 Å². The van der Waals surface area contributed by atoms with Crippen LogP contribution in [0.2, 0.25) is 0 Å². The van der Waals surface area contributed by atoms with Crippen molar-refractivity contribution in [2.24, 2.45) is 0 Å². The fourth-order valence-corrected chi connectivity index (χ4v) is 3.31. The van der Waals surface area contributed by atoms with Crippen molar-refractivity contribution in [2.45, 2.75) is 26.3 Å². The van der Waals surface area contributed by atoms with E-state index in [9.17, 15) is 0 Å². The molecule has 0 spiro atoms. The average Bonchev–Trinajstić information content (AvgIpc) is 2.53. The number of hydrogen-bond donors (Lipinski definition) is 1. The van der Waals surface area contributed by atoms with Gasteiger partial charge in [0, 0.05) is 6.54 Å². The fraction of sp³-hybridized carbons (Fsp3) is 0.368. The highest BCUT2D eigenvalue weighted by molar-refractivity contribution is 5.52. The van der Waals surface area contributed by atoms with Crippen LogP contribution in [0.25, 0.3) is 0 Å². The summed E-state index contributed by atoms with van der Waals surface area (Å²) in [6.07, 6.45) is 1.01. The zero-order valence-electron chi connectivity index (χ0n) is 13.7. The zero-order valence-corrected chi connectivity index (χ0v) is 13.7. The minimum atomic E-state index is 0.212. The van der Waals surface area contributed by atoms with Crippen molar-refractivity contribution in [3.05, 3.63) is 58.1 Å². The van der Waals surface area contributed by atoms with Crippen LogP contribution in [0.5, 0.6) is 11.5 Å². The molecule has 0 radical (unpaired) electrons. The molecule has 0 saturated carbocycles. The first-order valence-electron chi connectivity index (χ1n) is 7.69. The van der Waals surface area contributed by atoms with E-state index in [0.717, 1.165) is 24.5 Å². The third-order valence-corrected chi connectivity index (χ3v) is 4.44. The maximum absolute atomic E-state index is 5.48. The van der Waals surface area contributed by atoms with E-state index in [-0.39, 0.29) is 6.04 Å². The van der Waals surface area contributed by atoms with E-state index in [2.05, 4.69) is 49.5 Å². The lowest BCUT2D eigenvalue weighted by Gasteiger charge is -2.29. The van der Waals surface area contributed by atoms with Gasteiger partial charge in [0.1, 0.15) is 0 Å². The van der Waals surface area contributed by atoms with Gasteiger partial charge in [-0.2, -0.15) is 0 Å². The van der Waals surface area contributed by atoms with E-state index in [4.69, 9.17) is 9.47 Å². The molecule has 0 amide bonds. The largest absolute Gasteiger partial charge is 0.493 e. The highest BCUT2D eigenvalue weighted by atomic mass is 16.5. The van der Waals surface area contributed by atoms with Crippen molar-refractivity contribution in [1.82, 2.24) is 5.32 Å². The molecule has 1 N–H and O–H groups in total. The molecule has 0 aromatic heterocycles. The molecule has 2 aromatic rings. The second-order valence-electron chi connectivity index (χ2n) is 5.90. The lowest BCUT2D eigenvalue weighted by atomic mass is 9.87. The normalized spacial score (nSPS) is 17.0. The Balaban J connectivity index is 2.10. The molecule has 0 saturated heterocycles. The van der Waals surface area contributed by atoms with Gasteiger partial charge in [0.2, 0.25) is 0 Å². The molecule has 2 aromatic carbocycles. The topological polar surface area (TPSA) is 30.5 Å². The number of fused-ring (bicyclic) bond motifs is 1. The van der Waals surface area contributed by atoms with Gasteiger partial charge < -0.3 is 14.8 Å². The summed E-state index contributed by atoms with van der Waals surface area (Å²) in [5, 5.41) is 3.64. The van der Waals surface area contributed by atoms with Crippen LogP contribution in [0.1, 0.15) is 33.9 Å². The first kappa shape index (κ1) is 14.9. The molecular weight excluding hydrogens is 274 g/mol. The summed E-state index contributed by atoms with van der Waals surface area (Å²) in [6.45, 7) is 5.28. The first-order chi connectivity index (χ1) is 10.6. The van der Waals surface area contributed by atoms with Crippen molar-refractivity contribution < 1.29 is 9.47 Å². The molecule has 0 fully saturated rings. The molecule has 3 heteroatoms. The predicted octanol–water partition coefficient (Wildman–Crippen LogP) is 3.56. The van der Waals surface area contributed by atoms with Crippen LogP contribution in [-0.2, 0) is 6.42 Å². The molecule has 3 nitrogen and oxygen atoms in total. The van der Waals surface area contributed by atoms with Gasteiger partial charge in [0.05, 0.1) is 20.3 Å². The van der Waals surface area contributed by atoms with Crippen LogP contribution in [0.15, 0.2) is 30.3 Å². The molecule has 1 atom stereocenters. The third-order valence-electron chi connectivity index (χ3n) is 4.44. The minimum absolute atomic E-state index is 0.212. The lowest BCUT2D eigenvalue weighted by Crippen LogP contribution is -2.31. The summed E-state index contributed by atoms with van der Waals surface area (Å²) >= 11 is 0. The number of benzene rings is 2. The summed E-state index contributed by atoms with van der Waals surface area (Å²) in [5.41, 5.74) is 6.57. The van der Waals surface area contributed by atoms with Crippen molar-refractivity contribution in [3.8, 4) is 11.5 Å². The van der Waals surface area contributed by atoms with Gasteiger partial charge in [-0.3, -0.25) is 0 Å². The Kier molecular flexibility index (Phi) is 4.08. The molecule has 3 rings (SSSR count). The van der Waals surface area contributed by atoms with Crippen LogP contribution < -0.4 is 14.8 Å². The third kappa shape index (κ3) is 2.57. The molecule has 0 aliphatic carbocycles. The highest BCUT2D eigenvalue weighted by Gasteiger charge is 2.24. The molecule has 0 bridgehead atoms. The second kappa shape index (κ2) is 6.01. The summed E-state index contributed by atoms with van der Waals surface area (Å²) in [7, 11) is 3.37. The van der Waals surface area contributed by atoms with Crippen molar-refractivity contribution in [1.29, 1.82) is 0 Å². The summed E-state index contributed by atoms with van der Waals surface area (Å²) in [6, 6.07) is 11.1. The monoisotopic (exact) mass is 297 g/mol. The van der Waals surface area contributed by atoms with E-state index in [1.807, 2.05) is 0 Å². The van der Waals surface area contributed by atoms with E-state index in [1.54, 1.807) is 14.2 Å². The van der Waals surface area contributed by atoms with Crippen molar-refractivity contribution in [3.63, 3.8) is 0 Å². The number of methoxy groups -OCH3 is 2. The molecule has 1 unspecified atom stereocenters. The van der Waals surface area contributed by atoms with Crippen LogP contribution in [-0.4, -0.2) is 20.8 Å². The van der Waals surface area contributed by atoms with Gasteiger partial charge in [-0.05, 0) is 54.7 Å². The number of hydrogen-bond acceptors (Lipinski definition) is 3. The fourth-order valence-electron chi connectivity index (χ4n) is 3.31. The average molecular weight is 297 g/mol. The number of ether oxygens (including phenoxy) is 2. The molecule has 1 aliphatic rings. The Morgan fingerprint density at radius 3 is 2.36 bits per heavy atom. The van der Waals surface area contributed by atoms with Gasteiger partial charge in [0.15, 0.2) is 11.5 Å². The van der Waals surface area contributed by atoms with E-state index < -0.39 is 0 Å². The molecular formula is C19H23NO2. The van der Waals surface area contributed by atoms with E-state index in [0.29, 0.717) is 0 Å². The van der Waals surface area contributed by atoms with Crippen LogP contribution in [0.4, 0.5) is 0 Å². The second-order valence-corrected chi connectivity index (χ2v) is 5.90. The van der Waals surface area contributed by atoms with Crippen LogP contribution in [0, 0.1) is 13.8 Å². The van der Waals surface area contributed by atoms with Gasteiger partial charge in [-0.25, -0.2) is 0 Å². The molecule has 22 heavy (non-hydrogen) atoms. The van der Waals surface area contributed by atoms with Gasteiger partial charge in [0.25, 0.3) is 0 Å². The smallest absolute Gasteiger partial charge is 0.161 e. The van der Waals surface area contributed by atoms with Gasteiger partial charge >= 0.3 is 0 Å².